The number of hydrogen-bond donors (Lipinski definition) is 0. The molecule has 37 heavy (non-hydrogen) atoms. The van der Waals surface area contributed by atoms with Gasteiger partial charge in [-0.2, -0.15) is 0 Å². The Balaban J connectivity index is 1.31. The van der Waals surface area contributed by atoms with Gasteiger partial charge in [-0.05, 0) is 41.6 Å². The minimum absolute atomic E-state index is 0.124. The molecule has 1 saturated heterocycles. The lowest BCUT2D eigenvalue weighted by atomic mass is 10.1. The second-order valence-electron chi connectivity index (χ2n) is 9.77. The first-order chi connectivity index (χ1) is 18.0. The van der Waals surface area contributed by atoms with Gasteiger partial charge in [-0.3, -0.25) is 4.79 Å². The first-order valence-corrected chi connectivity index (χ1v) is 13.7. The molecule has 0 unspecified atom stereocenters. The fourth-order valence-corrected chi connectivity index (χ4v) is 5.49. The molecule has 4 aromatic rings. The fraction of sp³-hybridized carbons (Fsp3) is 0.345. The van der Waals surface area contributed by atoms with Gasteiger partial charge >= 0.3 is 0 Å². The predicted molar refractivity (Wildman–Crippen MR) is 150 cm³/mol. The molecule has 0 atom stereocenters. The highest BCUT2D eigenvalue weighted by molar-refractivity contribution is 7.13. The molecule has 0 bridgehead atoms. The summed E-state index contributed by atoms with van der Waals surface area (Å²) >= 11 is 1.62. The first kappa shape index (κ1) is 25.1. The number of benzene rings is 2. The average Bonchev–Trinajstić information content (AvgIpc) is 3.46. The van der Waals surface area contributed by atoms with Crippen LogP contribution in [-0.2, 0) is 4.79 Å². The summed E-state index contributed by atoms with van der Waals surface area (Å²) in [7, 11) is 0. The standard InChI is InChI=1S/C29H32FN5OS/c1-21(2)20-35(29-22-8-3-5-10-24(22)31-28(32-29)26-12-7-19-37-26)14-13-27(36)34-17-15-33(16-18-34)25-11-6-4-9-23(25)30/h3-12,19,21H,13-18,20H2,1-2H3. The molecular weight excluding hydrogens is 485 g/mol. The van der Waals surface area contributed by atoms with Crippen LogP contribution >= 0.6 is 11.3 Å². The van der Waals surface area contributed by atoms with Crippen molar-refractivity contribution in [3.8, 4) is 10.7 Å². The number of amides is 1. The Labute approximate surface area is 221 Å². The molecule has 0 radical (unpaired) electrons. The molecule has 6 nitrogen and oxygen atoms in total. The van der Waals surface area contributed by atoms with Gasteiger partial charge in [-0.1, -0.05) is 44.2 Å². The normalized spacial score (nSPS) is 13.9. The second-order valence-corrected chi connectivity index (χ2v) is 10.7. The third-order valence-electron chi connectivity index (χ3n) is 6.63. The Morgan fingerprint density at radius 1 is 1.00 bits per heavy atom. The summed E-state index contributed by atoms with van der Waals surface area (Å²) in [4.78, 5) is 30.2. The largest absolute Gasteiger partial charge is 0.366 e. The third kappa shape index (κ3) is 5.74. The van der Waals surface area contributed by atoms with Gasteiger partial charge in [-0.25, -0.2) is 14.4 Å². The number of thiophene rings is 1. The van der Waals surface area contributed by atoms with Crippen LogP contribution in [-0.4, -0.2) is 60.0 Å². The molecule has 1 amide bonds. The number of para-hydroxylation sites is 2. The summed E-state index contributed by atoms with van der Waals surface area (Å²) in [6, 6.07) is 19.0. The zero-order valence-electron chi connectivity index (χ0n) is 21.3. The zero-order chi connectivity index (χ0) is 25.8. The van der Waals surface area contributed by atoms with Gasteiger partial charge in [0.15, 0.2) is 5.82 Å². The Kier molecular flexibility index (Phi) is 7.65. The van der Waals surface area contributed by atoms with Crippen LogP contribution in [0, 0.1) is 11.7 Å². The average molecular weight is 518 g/mol. The van der Waals surface area contributed by atoms with E-state index in [9.17, 15) is 9.18 Å². The molecular formula is C29H32FN5OS. The van der Waals surface area contributed by atoms with E-state index in [2.05, 4.69) is 24.8 Å². The fourth-order valence-electron chi connectivity index (χ4n) is 4.83. The minimum Gasteiger partial charge on any atom is -0.366 e. The highest BCUT2D eigenvalue weighted by atomic mass is 32.1. The first-order valence-electron chi connectivity index (χ1n) is 12.8. The summed E-state index contributed by atoms with van der Waals surface area (Å²) in [5.41, 5.74) is 1.51. The monoisotopic (exact) mass is 517 g/mol. The van der Waals surface area contributed by atoms with E-state index in [1.807, 2.05) is 51.6 Å². The van der Waals surface area contributed by atoms with Crippen LogP contribution in [0.15, 0.2) is 66.0 Å². The molecule has 0 spiro atoms. The van der Waals surface area contributed by atoms with Gasteiger partial charge in [0, 0.05) is 51.1 Å². The van der Waals surface area contributed by atoms with Crippen LogP contribution in [0.5, 0.6) is 0 Å². The molecule has 1 fully saturated rings. The number of halogens is 1. The van der Waals surface area contributed by atoms with Crippen LogP contribution in [0.4, 0.5) is 15.9 Å². The van der Waals surface area contributed by atoms with Crippen molar-refractivity contribution in [3.05, 3.63) is 71.9 Å². The Hall–Kier alpha value is -3.52. The number of fused-ring (bicyclic) bond motifs is 1. The van der Waals surface area contributed by atoms with E-state index in [0.29, 0.717) is 56.6 Å². The molecule has 2 aromatic carbocycles. The molecule has 0 aliphatic carbocycles. The molecule has 8 heteroatoms. The van der Waals surface area contributed by atoms with Crippen LogP contribution in [0.2, 0.25) is 0 Å². The van der Waals surface area contributed by atoms with Crippen LogP contribution < -0.4 is 9.80 Å². The van der Waals surface area contributed by atoms with E-state index in [-0.39, 0.29) is 11.7 Å². The van der Waals surface area contributed by atoms with Crippen molar-refractivity contribution < 1.29 is 9.18 Å². The lowest BCUT2D eigenvalue weighted by Crippen LogP contribution is -2.49. The van der Waals surface area contributed by atoms with E-state index in [4.69, 9.17) is 9.97 Å². The van der Waals surface area contributed by atoms with Crippen molar-refractivity contribution in [2.75, 3.05) is 49.1 Å². The summed E-state index contributed by atoms with van der Waals surface area (Å²) in [6.07, 6.45) is 0.402. The maximum atomic E-state index is 14.2. The number of hydrogen-bond acceptors (Lipinski definition) is 6. The summed E-state index contributed by atoms with van der Waals surface area (Å²) in [5, 5.41) is 3.03. The van der Waals surface area contributed by atoms with Crippen molar-refractivity contribution in [2.45, 2.75) is 20.3 Å². The smallest absolute Gasteiger partial charge is 0.224 e. The van der Waals surface area contributed by atoms with Gasteiger partial charge < -0.3 is 14.7 Å². The van der Waals surface area contributed by atoms with Crippen LogP contribution in [0.1, 0.15) is 20.3 Å². The number of anilines is 2. The predicted octanol–water partition coefficient (Wildman–Crippen LogP) is 5.70. The minimum atomic E-state index is -0.217. The summed E-state index contributed by atoms with van der Waals surface area (Å²) in [6.45, 7) is 8.17. The third-order valence-corrected chi connectivity index (χ3v) is 7.50. The zero-order valence-corrected chi connectivity index (χ0v) is 22.1. The number of nitrogens with zero attached hydrogens (tertiary/aromatic N) is 5. The molecule has 3 heterocycles. The van der Waals surface area contributed by atoms with E-state index in [1.165, 1.54) is 6.07 Å². The van der Waals surface area contributed by atoms with Gasteiger partial charge in [-0.15, -0.1) is 11.3 Å². The maximum absolute atomic E-state index is 14.2. The van der Waals surface area contributed by atoms with E-state index in [0.717, 1.165) is 28.1 Å². The lowest BCUT2D eigenvalue weighted by Gasteiger charge is -2.36. The summed E-state index contributed by atoms with van der Waals surface area (Å²) in [5.74, 6) is 1.90. The molecule has 0 saturated carbocycles. The molecule has 1 aliphatic rings. The van der Waals surface area contributed by atoms with E-state index < -0.39 is 0 Å². The number of piperazine rings is 1. The quantitative estimate of drug-likeness (QED) is 0.300. The molecule has 5 rings (SSSR count). The number of carbonyl (C=O) groups is 1. The number of rotatable bonds is 8. The van der Waals surface area contributed by atoms with E-state index >= 15 is 0 Å². The van der Waals surface area contributed by atoms with Crippen LogP contribution in [0.3, 0.4) is 0 Å². The Morgan fingerprint density at radius 3 is 2.49 bits per heavy atom. The van der Waals surface area contributed by atoms with E-state index in [1.54, 1.807) is 23.5 Å². The maximum Gasteiger partial charge on any atom is 0.224 e. The van der Waals surface area contributed by atoms with Crippen molar-refractivity contribution in [1.82, 2.24) is 14.9 Å². The van der Waals surface area contributed by atoms with Crippen molar-refractivity contribution in [3.63, 3.8) is 0 Å². The van der Waals surface area contributed by atoms with Gasteiger partial charge in [0.2, 0.25) is 5.91 Å². The number of aromatic nitrogens is 2. The second kappa shape index (κ2) is 11.3. The molecule has 2 aromatic heterocycles. The van der Waals surface area contributed by atoms with Gasteiger partial charge in [0.25, 0.3) is 0 Å². The highest BCUT2D eigenvalue weighted by Gasteiger charge is 2.24. The lowest BCUT2D eigenvalue weighted by molar-refractivity contribution is -0.131. The van der Waals surface area contributed by atoms with Crippen molar-refractivity contribution in [2.24, 2.45) is 5.92 Å². The molecule has 0 N–H and O–H groups in total. The SMILES string of the molecule is CC(C)CN(CCC(=O)N1CCN(c2ccccc2F)CC1)c1nc(-c2cccs2)nc2ccccc12. The Bertz CT molecular complexity index is 1350. The van der Waals surface area contributed by atoms with Crippen LogP contribution in [0.25, 0.3) is 21.6 Å². The molecule has 192 valence electrons. The van der Waals surface area contributed by atoms with Crippen molar-refractivity contribution >= 4 is 39.7 Å². The Morgan fingerprint density at radius 2 is 1.76 bits per heavy atom. The van der Waals surface area contributed by atoms with Gasteiger partial charge in [0.1, 0.15) is 11.6 Å². The van der Waals surface area contributed by atoms with Crippen molar-refractivity contribution in [1.29, 1.82) is 0 Å². The number of carbonyl (C=O) groups excluding carboxylic acids is 1. The molecule has 1 aliphatic heterocycles. The van der Waals surface area contributed by atoms with Gasteiger partial charge in [0.05, 0.1) is 16.1 Å². The summed E-state index contributed by atoms with van der Waals surface area (Å²) < 4.78 is 14.2. The highest BCUT2D eigenvalue weighted by Crippen LogP contribution is 2.30. The topological polar surface area (TPSA) is 52.6 Å².